The highest BCUT2D eigenvalue weighted by atomic mass is 19.4. The lowest BCUT2D eigenvalue weighted by molar-refractivity contribution is -0.137. The van der Waals surface area contributed by atoms with Crippen molar-refractivity contribution in [2.75, 3.05) is 34.4 Å². The molecule has 0 saturated carbocycles. The first-order valence-corrected chi connectivity index (χ1v) is 12.5. The van der Waals surface area contributed by atoms with Crippen molar-refractivity contribution in [1.29, 1.82) is 0 Å². The Hall–Kier alpha value is -4.65. The van der Waals surface area contributed by atoms with Crippen molar-refractivity contribution in [1.82, 2.24) is 19.5 Å². The zero-order valence-corrected chi connectivity index (χ0v) is 21.5. The summed E-state index contributed by atoms with van der Waals surface area (Å²) < 4.78 is 42.8. The Morgan fingerprint density at radius 1 is 1.07 bits per heavy atom. The second kappa shape index (κ2) is 10.8. The molecule has 10 nitrogen and oxygen atoms in total. The lowest BCUT2D eigenvalue weighted by atomic mass is 10.0. The summed E-state index contributed by atoms with van der Waals surface area (Å²) in [6, 6.07) is 10.0. The molecule has 1 aliphatic rings. The number of halogens is 3. The molecule has 5 N–H and O–H groups in total. The van der Waals surface area contributed by atoms with Crippen LogP contribution in [0.2, 0.25) is 0 Å². The van der Waals surface area contributed by atoms with E-state index < -0.39 is 23.8 Å². The highest BCUT2D eigenvalue weighted by Crippen LogP contribution is 2.34. The van der Waals surface area contributed by atoms with Crippen molar-refractivity contribution in [2.45, 2.75) is 32.0 Å². The van der Waals surface area contributed by atoms with E-state index in [1.165, 1.54) is 12.4 Å². The molecule has 0 unspecified atom stereocenters. The quantitative estimate of drug-likeness (QED) is 0.274. The maximum atomic E-state index is 13.7. The Labute approximate surface area is 227 Å². The number of nitrogens with zero attached hydrogens (tertiary/aromatic N) is 5. The molecule has 40 heavy (non-hydrogen) atoms. The number of anilines is 5. The SMILES string of the molecule is Cc1ccc(NC(=O)c2cc(N3CCC(O)CC3)cc(C(F)(F)F)c2)cc1Nc1nccn1-c1cc(N)ncn1. The lowest BCUT2D eigenvalue weighted by Crippen LogP contribution is -2.36. The van der Waals surface area contributed by atoms with Crippen LogP contribution in [0.15, 0.2) is 61.2 Å². The Morgan fingerprint density at radius 2 is 1.85 bits per heavy atom. The number of nitrogens with two attached hydrogens (primary N) is 1. The van der Waals surface area contributed by atoms with Crippen LogP contribution < -0.4 is 21.3 Å². The molecule has 1 amide bonds. The van der Waals surface area contributed by atoms with E-state index in [4.69, 9.17) is 5.73 Å². The van der Waals surface area contributed by atoms with Crippen LogP contribution in [0.25, 0.3) is 5.82 Å². The van der Waals surface area contributed by atoms with Crippen LogP contribution in [0.3, 0.4) is 0 Å². The van der Waals surface area contributed by atoms with E-state index in [9.17, 15) is 23.1 Å². The van der Waals surface area contributed by atoms with Gasteiger partial charge in [-0.25, -0.2) is 15.0 Å². The number of nitrogens with one attached hydrogen (secondary N) is 2. The number of aryl methyl sites for hydroxylation is 1. The fraction of sp³-hybridized carbons (Fsp3) is 0.259. The number of carbonyl (C=O) groups excluding carboxylic acids is 1. The van der Waals surface area contributed by atoms with Gasteiger partial charge in [0.05, 0.1) is 11.7 Å². The molecule has 208 valence electrons. The van der Waals surface area contributed by atoms with E-state index in [-0.39, 0.29) is 11.3 Å². The summed E-state index contributed by atoms with van der Waals surface area (Å²) in [5.41, 5.74) is 6.86. The van der Waals surface area contributed by atoms with E-state index in [1.54, 1.807) is 46.1 Å². The smallest absolute Gasteiger partial charge is 0.393 e. The zero-order chi connectivity index (χ0) is 28.4. The van der Waals surface area contributed by atoms with Crippen LogP contribution in [-0.4, -0.2) is 49.7 Å². The minimum Gasteiger partial charge on any atom is -0.393 e. The van der Waals surface area contributed by atoms with Crippen LogP contribution in [0.4, 0.5) is 42.0 Å². The Morgan fingerprint density at radius 3 is 2.58 bits per heavy atom. The Bertz CT molecular complexity index is 1530. The van der Waals surface area contributed by atoms with E-state index in [1.807, 2.05) is 6.92 Å². The number of aliphatic hydroxyl groups excluding tert-OH is 1. The van der Waals surface area contributed by atoms with E-state index >= 15 is 0 Å². The average molecular weight is 553 g/mol. The maximum absolute atomic E-state index is 13.7. The van der Waals surface area contributed by atoms with Crippen molar-refractivity contribution in [3.63, 3.8) is 0 Å². The first kappa shape index (κ1) is 26.9. The molecule has 4 aromatic rings. The van der Waals surface area contributed by atoms with Gasteiger partial charge in [-0.15, -0.1) is 0 Å². The molecular weight excluding hydrogens is 525 g/mol. The van der Waals surface area contributed by atoms with E-state index in [2.05, 4.69) is 25.6 Å². The highest BCUT2D eigenvalue weighted by molar-refractivity contribution is 6.05. The number of aromatic nitrogens is 4. The zero-order valence-electron chi connectivity index (χ0n) is 21.5. The molecule has 5 rings (SSSR count). The predicted molar refractivity (Wildman–Crippen MR) is 145 cm³/mol. The summed E-state index contributed by atoms with van der Waals surface area (Å²) in [5.74, 6) is 0.537. The molecule has 0 atom stereocenters. The summed E-state index contributed by atoms with van der Waals surface area (Å²) in [6.45, 7) is 2.65. The molecule has 2 aromatic carbocycles. The van der Waals surface area contributed by atoms with Crippen molar-refractivity contribution < 1.29 is 23.1 Å². The average Bonchev–Trinajstić information content (AvgIpc) is 3.38. The first-order valence-electron chi connectivity index (χ1n) is 12.5. The van der Waals surface area contributed by atoms with Gasteiger partial charge in [-0.3, -0.25) is 9.36 Å². The maximum Gasteiger partial charge on any atom is 0.416 e. The number of carbonyl (C=O) groups is 1. The summed E-state index contributed by atoms with van der Waals surface area (Å²) in [4.78, 5) is 27.3. The molecule has 0 aliphatic carbocycles. The van der Waals surface area contributed by atoms with Gasteiger partial charge in [0.2, 0.25) is 5.95 Å². The summed E-state index contributed by atoms with van der Waals surface area (Å²) in [5, 5.41) is 15.7. The lowest BCUT2D eigenvalue weighted by Gasteiger charge is -2.32. The number of rotatable bonds is 6. The largest absolute Gasteiger partial charge is 0.416 e. The monoisotopic (exact) mass is 552 g/mol. The molecule has 0 bridgehead atoms. The third-order valence-electron chi connectivity index (χ3n) is 6.64. The van der Waals surface area contributed by atoms with Crippen molar-refractivity contribution >= 4 is 34.7 Å². The summed E-state index contributed by atoms with van der Waals surface area (Å²) in [6.07, 6.45) is 0.391. The van der Waals surface area contributed by atoms with Crippen LogP contribution in [0.5, 0.6) is 0 Å². The molecule has 1 aliphatic heterocycles. The van der Waals surface area contributed by atoms with Crippen LogP contribution in [0, 0.1) is 6.92 Å². The standard InChI is InChI=1S/C27H27F3N8O2/c1-16-2-3-19(13-22(16)36-26-32-6-9-38(26)24-14-23(31)33-15-34-24)35-25(40)17-10-18(27(28,29)30)12-20(11-17)37-7-4-21(39)5-8-37/h2-3,6,9-15,21,39H,4-5,7-8H2,1H3,(H,32,36)(H,35,40)(H2,31,33,34). The van der Waals surface area contributed by atoms with Crippen molar-refractivity contribution in [3.05, 3.63) is 77.9 Å². The van der Waals surface area contributed by atoms with Gasteiger partial charge in [0.15, 0.2) is 0 Å². The third-order valence-corrected chi connectivity index (χ3v) is 6.64. The minimum atomic E-state index is -4.63. The molecule has 3 heterocycles. The van der Waals surface area contributed by atoms with Crippen LogP contribution in [-0.2, 0) is 6.18 Å². The third kappa shape index (κ3) is 5.99. The number of amides is 1. The molecule has 1 fully saturated rings. The Balaban J connectivity index is 1.39. The fourth-order valence-corrected chi connectivity index (χ4v) is 4.44. The number of hydrogen-bond acceptors (Lipinski definition) is 8. The van der Waals surface area contributed by atoms with Gasteiger partial charge in [-0.05, 0) is 55.7 Å². The van der Waals surface area contributed by atoms with E-state index in [0.717, 1.165) is 17.7 Å². The normalized spacial score (nSPS) is 14.3. The number of hydrogen-bond donors (Lipinski definition) is 4. The van der Waals surface area contributed by atoms with Crippen molar-refractivity contribution in [3.8, 4) is 5.82 Å². The molecular formula is C27H27F3N8O2. The van der Waals surface area contributed by atoms with Gasteiger partial charge in [-0.2, -0.15) is 13.2 Å². The van der Waals surface area contributed by atoms with Crippen molar-refractivity contribution in [2.24, 2.45) is 0 Å². The number of nitrogen functional groups attached to an aromatic ring is 1. The molecule has 1 saturated heterocycles. The number of imidazole rings is 1. The number of aliphatic hydroxyl groups is 1. The highest BCUT2D eigenvalue weighted by Gasteiger charge is 2.33. The molecule has 0 spiro atoms. The first-order chi connectivity index (χ1) is 19.1. The number of benzene rings is 2. The second-order valence-corrected chi connectivity index (χ2v) is 9.52. The number of alkyl halides is 3. The van der Waals surface area contributed by atoms with Gasteiger partial charge in [-0.1, -0.05) is 6.07 Å². The number of piperidine rings is 1. The van der Waals surface area contributed by atoms with Crippen LogP contribution in [0.1, 0.15) is 34.3 Å². The van der Waals surface area contributed by atoms with E-state index in [0.29, 0.717) is 54.9 Å². The topological polar surface area (TPSA) is 134 Å². The van der Waals surface area contributed by atoms with Crippen LogP contribution >= 0.6 is 0 Å². The summed E-state index contributed by atoms with van der Waals surface area (Å²) >= 11 is 0. The predicted octanol–water partition coefficient (Wildman–Crippen LogP) is 4.53. The summed E-state index contributed by atoms with van der Waals surface area (Å²) in [7, 11) is 0. The van der Waals surface area contributed by atoms with Gasteiger partial charge in [0.25, 0.3) is 5.91 Å². The fourth-order valence-electron chi connectivity index (χ4n) is 4.44. The van der Waals surface area contributed by atoms with Gasteiger partial charge >= 0.3 is 6.18 Å². The molecule has 0 radical (unpaired) electrons. The minimum absolute atomic E-state index is 0.122. The van der Waals surface area contributed by atoms with Gasteiger partial charge < -0.3 is 26.4 Å². The molecule has 13 heteroatoms. The molecule has 2 aromatic heterocycles. The second-order valence-electron chi connectivity index (χ2n) is 9.52. The van der Waals surface area contributed by atoms with Gasteiger partial charge in [0.1, 0.15) is 18.0 Å². The van der Waals surface area contributed by atoms with Gasteiger partial charge in [0, 0.05) is 54.2 Å². The Kier molecular flexibility index (Phi) is 7.30.